The molecule has 1 aromatic carbocycles. The van der Waals surface area contributed by atoms with E-state index in [1.54, 1.807) is 10.9 Å². The summed E-state index contributed by atoms with van der Waals surface area (Å²) in [5.41, 5.74) is 2.88. The third-order valence-electron chi connectivity index (χ3n) is 3.74. The second kappa shape index (κ2) is 8.63. The number of amides is 2. The lowest BCUT2D eigenvalue weighted by Crippen LogP contribution is -2.38. The fourth-order valence-corrected chi connectivity index (χ4v) is 2.45. The molecule has 0 aliphatic rings. The van der Waals surface area contributed by atoms with Crippen molar-refractivity contribution in [2.24, 2.45) is 0 Å². The molecule has 2 aromatic heterocycles. The maximum absolute atomic E-state index is 11.8. The smallest absolute Gasteiger partial charge is 0.314 e. The van der Waals surface area contributed by atoms with Gasteiger partial charge in [0.05, 0.1) is 12.2 Å². The van der Waals surface area contributed by atoms with Gasteiger partial charge < -0.3 is 10.6 Å². The molecule has 0 saturated carbocycles. The van der Waals surface area contributed by atoms with Crippen LogP contribution in [-0.2, 0) is 13.0 Å². The number of urea groups is 1. The van der Waals surface area contributed by atoms with Crippen LogP contribution in [0, 0.1) is 0 Å². The van der Waals surface area contributed by atoms with Gasteiger partial charge >= 0.3 is 6.03 Å². The first-order valence-electron chi connectivity index (χ1n) is 8.32. The number of carbonyl (C=O) groups excluding carboxylic acids is 1. The minimum absolute atomic E-state index is 0.159. The summed E-state index contributed by atoms with van der Waals surface area (Å²) in [5, 5.41) is 10.2. The zero-order valence-corrected chi connectivity index (χ0v) is 13.9. The van der Waals surface area contributed by atoms with E-state index in [4.69, 9.17) is 0 Å². The van der Waals surface area contributed by atoms with Gasteiger partial charge in [0.25, 0.3) is 0 Å². The van der Waals surface area contributed by atoms with Gasteiger partial charge in [-0.15, -0.1) is 0 Å². The van der Waals surface area contributed by atoms with Gasteiger partial charge in [0, 0.05) is 25.5 Å². The van der Waals surface area contributed by atoms with Gasteiger partial charge in [0.15, 0.2) is 0 Å². The molecule has 0 bridgehead atoms. The summed E-state index contributed by atoms with van der Waals surface area (Å²) in [5.74, 6) is 0. The molecule has 6 heteroatoms. The van der Waals surface area contributed by atoms with Crippen LogP contribution >= 0.6 is 0 Å². The molecule has 0 aliphatic heterocycles. The Morgan fingerprint density at radius 3 is 2.52 bits per heavy atom. The quantitative estimate of drug-likeness (QED) is 0.697. The van der Waals surface area contributed by atoms with E-state index in [-0.39, 0.29) is 6.03 Å². The van der Waals surface area contributed by atoms with Crippen molar-refractivity contribution in [3.8, 4) is 11.4 Å². The third kappa shape index (κ3) is 5.17. The van der Waals surface area contributed by atoms with Crippen molar-refractivity contribution in [2.45, 2.75) is 13.0 Å². The first-order chi connectivity index (χ1) is 12.3. The molecule has 2 amide bonds. The highest BCUT2D eigenvalue weighted by molar-refractivity contribution is 5.73. The molecule has 0 unspecified atom stereocenters. The lowest BCUT2D eigenvalue weighted by Gasteiger charge is -2.08. The number of hydrogen-bond acceptors (Lipinski definition) is 3. The molecule has 2 N–H and O–H groups in total. The number of benzene rings is 1. The summed E-state index contributed by atoms with van der Waals surface area (Å²) in [6, 6.07) is 17.6. The minimum Gasteiger partial charge on any atom is -0.338 e. The summed E-state index contributed by atoms with van der Waals surface area (Å²) in [7, 11) is 0. The molecule has 0 atom stereocenters. The molecule has 25 heavy (non-hydrogen) atoms. The highest BCUT2D eigenvalue weighted by atomic mass is 16.2. The Balaban J connectivity index is 1.36. The molecule has 3 rings (SSSR count). The molecular formula is C19H21N5O. The van der Waals surface area contributed by atoms with Crippen molar-refractivity contribution in [2.75, 3.05) is 13.1 Å². The zero-order valence-electron chi connectivity index (χ0n) is 13.9. The van der Waals surface area contributed by atoms with Gasteiger partial charge in [0.2, 0.25) is 0 Å². The number of pyridine rings is 1. The lowest BCUT2D eigenvalue weighted by atomic mass is 10.1. The van der Waals surface area contributed by atoms with Crippen molar-refractivity contribution < 1.29 is 4.79 Å². The largest absolute Gasteiger partial charge is 0.338 e. The topological polar surface area (TPSA) is 71.8 Å². The van der Waals surface area contributed by atoms with E-state index >= 15 is 0 Å². The molecule has 128 valence electrons. The van der Waals surface area contributed by atoms with Crippen LogP contribution in [0.3, 0.4) is 0 Å². The maximum Gasteiger partial charge on any atom is 0.314 e. The van der Waals surface area contributed by atoms with Crippen LogP contribution in [0.1, 0.15) is 5.56 Å². The van der Waals surface area contributed by atoms with Gasteiger partial charge in [-0.1, -0.05) is 36.4 Å². The van der Waals surface area contributed by atoms with Crippen molar-refractivity contribution in [1.29, 1.82) is 0 Å². The van der Waals surface area contributed by atoms with Crippen LogP contribution < -0.4 is 10.6 Å². The normalized spacial score (nSPS) is 10.4. The molecule has 2 heterocycles. The maximum atomic E-state index is 11.8. The van der Waals surface area contributed by atoms with E-state index in [2.05, 4.69) is 32.8 Å². The van der Waals surface area contributed by atoms with Crippen LogP contribution in [0.5, 0.6) is 0 Å². The first-order valence-corrected chi connectivity index (χ1v) is 8.32. The average molecular weight is 335 g/mol. The summed E-state index contributed by atoms with van der Waals surface area (Å²) < 4.78 is 1.80. The Labute approximate surface area is 146 Å². The summed E-state index contributed by atoms with van der Waals surface area (Å²) >= 11 is 0. The van der Waals surface area contributed by atoms with Gasteiger partial charge in [0.1, 0.15) is 5.69 Å². The van der Waals surface area contributed by atoms with Crippen LogP contribution in [0.4, 0.5) is 4.79 Å². The molecule has 6 nitrogen and oxygen atoms in total. The summed E-state index contributed by atoms with van der Waals surface area (Å²) in [6.45, 7) is 1.74. The SMILES string of the molecule is O=C(NCCc1ccccc1)NCCn1ccc(-c2ccccn2)n1. The molecule has 0 spiro atoms. The number of rotatable bonds is 7. The standard InChI is InChI=1S/C19H21N5O/c25-19(21-12-9-16-6-2-1-3-7-16)22-13-15-24-14-10-18(23-24)17-8-4-5-11-20-17/h1-8,10-11,14H,9,12-13,15H2,(H2,21,22,25). The number of hydrogen-bond donors (Lipinski definition) is 2. The number of nitrogens with one attached hydrogen (secondary N) is 2. The summed E-state index contributed by atoms with van der Waals surface area (Å²) in [4.78, 5) is 16.1. The summed E-state index contributed by atoms with van der Waals surface area (Å²) in [6.07, 6.45) is 4.45. The van der Waals surface area contributed by atoms with E-state index in [9.17, 15) is 4.79 Å². The first kappa shape index (κ1) is 16.7. The van der Waals surface area contributed by atoms with Crippen LogP contribution in [-0.4, -0.2) is 33.9 Å². The molecule has 3 aromatic rings. The average Bonchev–Trinajstić information content (AvgIpc) is 3.12. The molecule has 0 radical (unpaired) electrons. The second-order valence-electron chi connectivity index (χ2n) is 5.60. The monoisotopic (exact) mass is 335 g/mol. The van der Waals surface area contributed by atoms with E-state index in [1.165, 1.54) is 5.56 Å². The fraction of sp³-hybridized carbons (Fsp3) is 0.211. The zero-order chi connectivity index (χ0) is 17.3. The Kier molecular flexibility index (Phi) is 5.77. The van der Waals surface area contributed by atoms with Crippen molar-refractivity contribution in [1.82, 2.24) is 25.4 Å². The Hall–Kier alpha value is -3.15. The Bertz CT molecular complexity index is 786. The number of nitrogens with zero attached hydrogens (tertiary/aromatic N) is 3. The van der Waals surface area contributed by atoms with Crippen LogP contribution in [0.2, 0.25) is 0 Å². The predicted molar refractivity (Wildman–Crippen MR) is 97.0 cm³/mol. The van der Waals surface area contributed by atoms with Crippen molar-refractivity contribution >= 4 is 6.03 Å². The Morgan fingerprint density at radius 2 is 1.72 bits per heavy atom. The third-order valence-corrected chi connectivity index (χ3v) is 3.74. The highest BCUT2D eigenvalue weighted by Crippen LogP contribution is 2.12. The van der Waals surface area contributed by atoms with E-state index in [1.807, 2.05) is 48.7 Å². The lowest BCUT2D eigenvalue weighted by molar-refractivity contribution is 0.240. The Morgan fingerprint density at radius 1 is 0.920 bits per heavy atom. The fourth-order valence-electron chi connectivity index (χ4n) is 2.45. The number of aromatic nitrogens is 3. The molecular weight excluding hydrogens is 314 g/mol. The van der Waals surface area contributed by atoms with Crippen LogP contribution in [0.25, 0.3) is 11.4 Å². The van der Waals surface area contributed by atoms with Crippen LogP contribution in [0.15, 0.2) is 67.0 Å². The molecule has 0 fully saturated rings. The van der Waals surface area contributed by atoms with E-state index in [0.717, 1.165) is 17.8 Å². The molecule has 0 aliphatic carbocycles. The van der Waals surface area contributed by atoms with E-state index < -0.39 is 0 Å². The predicted octanol–water partition coefficient (Wildman–Crippen LogP) is 2.49. The van der Waals surface area contributed by atoms with Crippen molar-refractivity contribution in [3.63, 3.8) is 0 Å². The van der Waals surface area contributed by atoms with Gasteiger partial charge in [-0.3, -0.25) is 9.67 Å². The van der Waals surface area contributed by atoms with Crippen molar-refractivity contribution in [3.05, 3.63) is 72.6 Å². The number of carbonyl (C=O) groups is 1. The van der Waals surface area contributed by atoms with Gasteiger partial charge in [-0.25, -0.2) is 4.79 Å². The van der Waals surface area contributed by atoms with Gasteiger partial charge in [-0.2, -0.15) is 5.10 Å². The minimum atomic E-state index is -0.159. The van der Waals surface area contributed by atoms with E-state index in [0.29, 0.717) is 19.6 Å². The highest BCUT2D eigenvalue weighted by Gasteiger charge is 2.04. The van der Waals surface area contributed by atoms with Gasteiger partial charge in [-0.05, 0) is 30.2 Å². The molecule has 0 saturated heterocycles. The second-order valence-corrected chi connectivity index (χ2v) is 5.60.